The van der Waals surface area contributed by atoms with Crippen molar-refractivity contribution in [2.75, 3.05) is 32.7 Å². The van der Waals surface area contributed by atoms with Gasteiger partial charge in [0.1, 0.15) is 11.9 Å². The van der Waals surface area contributed by atoms with Gasteiger partial charge in [0.2, 0.25) is 5.88 Å². The molecular weight excluding hydrogens is 423 g/mol. The number of halogens is 1. The molecule has 0 saturated carbocycles. The first-order chi connectivity index (χ1) is 16.0. The van der Waals surface area contributed by atoms with Crippen molar-refractivity contribution < 1.29 is 14.3 Å². The van der Waals surface area contributed by atoms with Crippen LogP contribution in [0.15, 0.2) is 36.7 Å². The van der Waals surface area contributed by atoms with Crippen LogP contribution in [-0.2, 0) is 6.42 Å². The Morgan fingerprint density at radius 2 is 1.91 bits per heavy atom. The topological polar surface area (TPSA) is 98.3 Å². The summed E-state index contributed by atoms with van der Waals surface area (Å²) < 4.78 is 15.5. The van der Waals surface area contributed by atoms with E-state index >= 15 is 0 Å². The molecule has 0 spiro atoms. The number of amides is 1. The third-order valence-corrected chi connectivity index (χ3v) is 6.05. The maximum Gasteiger partial charge on any atom is 0.255 e. The van der Waals surface area contributed by atoms with Gasteiger partial charge in [-0.05, 0) is 48.4 Å². The van der Waals surface area contributed by atoms with Crippen LogP contribution in [0.4, 0.5) is 4.39 Å². The van der Waals surface area contributed by atoms with Crippen LogP contribution in [0.5, 0.6) is 5.88 Å². The minimum Gasteiger partial charge on any atom is -0.493 e. The van der Waals surface area contributed by atoms with E-state index in [1.54, 1.807) is 12.1 Å². The number of carbonyl (C=O) groups excluding carboxylic acids is 1. The number of piperazine rings is 1. The summed E-state index contributed by atoms with van der Waals surface area (Å²) in [4.78, 5) is 21.2. The molecule has 0 bridgehead atoms. The lowest BCUT2D eigenvalue weighted by Gasteiger charge is -2.34. The standard InChI is InChI=1S/C24H25FN6O2/c1-3-16-11-18(13-26)21(25)12-19(16)20-15-28-31(24(20)33)22-6-5-17(14-27-22)23(32)30-9-7-29(4-2)8-10-30/h5-6,11-12,14-15,33H,3-4,7-10H2,1-2H3. The Hall–Kier alpha value is -3.77. The first-order valence-corrected chi connectivity index (χ1v) is 10.9. The average Bonchev–Trinajstić information content (AvgIpc) is 3.24. The Labute approximate surface area is 191 Å². The lowest BCUT2D eigenvalue weighted by Crippen LogP contribution is -2.48. The van der Waals surface area contributed by atoms with Crippen LogP contribution < -0.4 is 0 Å². The van der Waals surface area contributed by atoms with Crippen LogP contribution in [0.1, 0.15) is 35.3 Å². The first-order valence-electron chi connectivity index (χ1n) is 10.9. The second-order valence-electron chi connectivity index (χ2n) is 7.88. The van der Waals surface area contributed by atoms with Gasteiger partial charge in [-0.3, -0.25) is 4.79 Å². The van der Waals surface area contributed by atoms with Gasteiger partial charge in [0.25, 0.3) is 5.91 Å². The lowest BCUT2D eigenvalue weighted by molar-refractivity contribution is 0.0643. The molecule has 9 heteroatoms. The van der Waals surface area contributed by atoms with E-state index in [4.69, 9.17) is 5.26 Å². The molecule has 0 unspecified atom stereocenters. The van der Waals surface area contributed by atoms with E-state index in [0.717, 1.165) is 25.2 Å². The smallest absolute Gasteiger partial charge is 0.255 e. The van der Waals surface area contributed by atoms with Crippen molar-refractivity contribution in [3.8, 4) is 28.9 Å². The van der Waals surface area contributed by atoms with Crippen LogP contribution >= 0.6 is 0 Å². The molecule has 1 fully saturated rings. The minimum atomic E-state index is -0.655. The fourth-order valence-electron chi connectivity index (χ4n) is 4.03. The molecule has 8 nitrogen and oxygen atoms in total. The van der Waals surface area contributed by atoms with Crippen LogP contribution in [0.2, 0.25) is 0 Å². The highest BCUT2D eigenvalue weighted by molar-refractivity contribution is 5.94. The summed E-state index contributed by atoms with van der Waals surface area (Å²) in [6.07, 6.45) is 3.46. The van der Waals surface area contributed by atoms with E-state index in [1.807, 2.05) is 17.9 Å². The normalized spacial score (nSPS) is 14.3. The predicted molar refractivity (Wildman–Crippen MR) is 121 cm³/mol. The molecule has 33 heavy (non-hydrogen) atoms. The Morgan fingerprint density at radius 1 is 1.15 bits per heavy atom. The molecule has 0 atom stereocenters. The summed E-state index contributed by atoms with van der Waals surface area (Å²) >= 11 is 0. The van der Waals surface area contributed by atoms with E-state index in [9.17, 15) is 14.3 Å². The van der Waals surface area contributed by atoms with Gasteiger partial charge < -0.3 is 14.9 Å². The van der Waals surface area contributed by atoms with Gasteiger partial charge in [0, 0.05) is 32.4 Å². The predicted octanol–water partition coefficient (Wildman–Crippen LogP) is 2.99. The van der Waals surface area contributed by atoms with Gasteiger partial charge in [-0.2, -0.15) is 15.0 Å². The third kappa shape index (κ3) is 4.30. The maximum absolute atomic E-state index is 14.2. The molecule has 3 aromatic rings. The Kier molecular flexibility index (Phi) is 6.38. The number of aromatic nitrogens is 3. The number of nitrogens with zero attached hydrogens (tertiary/aromatic N) is 6. The van der Waals surface area contributed by atoms with Crippen LogP contribution in [0, 0.1) is 17.1 Å². The number of pyridine rings is 1. The first kappa shape index (κ1) is 22.4. The van der Waals surface area contributed by atoms with Gasteiger partial charge in [0.05, 0.1) is 22.9 Å². The third-order valence-electron chi connectivity index (χ3n) is 6.05. The second-order valence-corrected chi connectivity index (χ2v) is 7.88. The van der Waals surface area contributed by atoms with Crippen molar-refractivity contribution >= 4 is 5.91 Å². The molecule has 0 aliphatic carbocycles. The van der Waals surface area contributed by atoms with Crippen molar-refractivity contribution in [3.63, 3.8) is 0 Å². The molecule has 1 aromatic carbocycles. The summed E-state index contributed by atoms with van der Waals surface area (Å²) in [6.45, 7) is 8.04. The zero-order valence-electron chi connectivity index (χ0n) is 18.6. The van der Waals surface area contributed by atoms with E-state index in [0.29, 0.717) is 42.0 Å². The van der Waals surface area contributed by atoms with Gasteiger partial charge in [0.15, 0.2) is 5.82 Å². The van der Waals surface area contributed by atoms with Gasteiger partial charge in [-0.1, -0.05) is 13.8 Å². The van der Waals surface area contributed by atoms with E-state index < -0.39 is 5.82 Å². The SMILES string of the molecule is CCc1cc(C#N)c(F)cc1-c1cnn(-c2ccc(C(=O)N3CCN(CC)CC3)cn2)c1O. The zero-order valence-corrected chi connectivity index (χ0v) is 18.6. The molecular formula is C24H25FN6O2. The molecule has 1 N–H and O–H groups in total. The quantitative estimate of drug-likeness (QED) is 0.644. The average molecular weight is 449 g/mol. The number of likely N-dealkylation sites (N-methyl/N-ethyl adjacent to an activating group) is 1. The number of hydrogen-bond acceptors (Lipinski definition) is 6. The minimum absolute atomic E-state index is 0.0412. The van der Waals surface area contributed by atoms with Crippen molar-refractivity contribution in [2.45, 2.75) is 20.3 Å². The molecule has 4 rings (SSSR count). The van der Waals surface area contributed by atoms with Crippen LogP contribution in [0.25, 0.3) is 16.9 Å². The molecule has 2 aromatic heterocycles. The monoisotopic (exact) mass is 448 g/mol. The zero-order chi connectivity index (χ0) is 23.5. The molecule has 1 saturated heterocycles. The van der Waals surface area contributed by atoms with Crippen molar-refractivity contribution in [1.29, 1.82) is 5.26 Å². The van der Waals surface area contributed by atoms with Crippen LogP contribution in [-0.4, -0.2) is 68.3 Å². The van der Waals surface area contributed by atoms with E-state index in [1.165, 1.54) is 29.2 Å². The second kappa shape index (κ2) is 9.38. The van der Waals surface area contributed by atoms with Gasteiger partial charge in [-0.15, -0.1) is 0 Å². The number of aromatic hydroxyl groups is 1. The number of hydrogen-bond donors (Lipinski definition) is 1. The number of nitriles is 1. The largest absolute Gasteiger partial charge is 0.493 e. The molecule has 170 valence electrons. The summed E-state index contributed by atoms with van der Waals surface area (Å²) in [5.74, 6) is -0.595. The highest BCUT2D eigenvalue weighted by Gasteiger charge is 2.22. The summed E-state index contributed by atoms with van der Waals surface area (Å²) in [7, 11) is 0. The van der Waals surface area contributed by atoms with Gasteiger partial charge >= 0.3 is 0 Å². The number of benzene rings is 1. The number of aryl methyl sites for hydroxylation is 1. The van der Waals surface area contributed by atoms with Crippen molar-refractivity contribution in [1.82, 2.24) is 24.6 Å². The Balaban J connectivity index is 1.58. The number of rotatable bonds is 5. The summed E-state index contributed by atoms with van der Waals surface area (Å²) in [5, 5.41) is 24.1. The molecule has 1 aliphatic heterocycles. The molecule has 1 aliphatic rings. The van der Waals surface area contributed by atoms with Crippen LogP contribution in [0.3, 0.4) is 0 Å². The van der Waals surface area contributed by atoms with Crippen molar-refractivity contribution in [3.05, 3.63) is 59.2 Å². The fraction of sp³-hybridized carbons (Fsp3) is 0.333. The van der Waals surface area contributed by atoms with E-state index in [2.05, 4.69) is 21.9 Å². The highest BCUT2D eigenvalue weighted by Crippen LogP contribution is 2.34. The molecule has 1 amide bonds. The van der Waals surface area contributed by atoms with Crippen molar-refractivity contribution in [2.24, 2.45) is 0 Å². The van der Waals surface area contributed by atoms with E-state index in [-0.39, 0.29) is 17.4 Å². The van der Waals surface area contributed by atoms with Gasteiger partial charge in [-0.25, -0.2) is 9.37 Å². The maximum atomic E-state index is 14.2. The lowest BCUT2D eigenvalue weighted by atomic mass is 9.97. The Morgan fingerprint density at radius 3 is 2.52 bits per heavy atom. The fourth-order valence-corrected chi connectivity index (χ4v) is 4.03. The number of carbonyl (C=O) groups is 1. The summed E-state index contributed by atoms with van der Waals surface area (Å²) in [5.41, 5.74) is 1.96. The Bertz CT molecular complexity index is 1210. The summed E-state index contributed by atoms with van der Waals surface area (Å²) in [6, 6.07) is 7.84. The highest BCUT2D eigenvalue weighted by atomic mass is 19.1. The molecule has 3 heterocycles. The molecule has 0 radical (unpaired) electrons.